The van der Waals surface area contributed by atoms with Crippen molar-refractivity contribution in [3.05, 3.63) is 53.9 Å². The minimum Gasteiger partial charge on any atom is -0.496 e. The van der Waals surface area contributed by atoms with E-state index in [-0.39, 0.29) is 17.9 Å². The second-order valence-corrected chi connectivity index (χ2v) is 8.89. The molecule has 1 aromatic carbocycles. The van der Waals surface area contributed by atoms with E-state index in [0.717, 1.165) is 18.5 Å². The van der Waals surface area contributed by atoms with Gasteiger partial charge < -0.3 is 19.7 Å². The van der Waals surface area contributed by atoms with Crippen LogP contribution in [0, 0.1) is 5.92 Å². The molecule has 1 aliphatic heterocycles. The summed E-state index contributed by atoms with van der Waals surface area (Å²) in [6.45, 7) is 2.84. The molecular formula is C26H34N4O4. The van der Waals surface area contributed by atoms with E-state index in [2.05, 4.69) is 15.2 Å². The highest BCUT2D eigenvalue weighted by Crippen LogP contribution is 2.32. The van der Waals surface area contributed by atoms with Crippen LogP contribution in [0.4, 0.5) is 0 Å². The van der Waals surface area contributed by atoms with Crippen molar-refractivity contribution in [3.63, 3.8) is 0 Å². The Morgan fingerprint density at radius 2 is 1.68 bits per heavy atom. The third-order valence-electron chi connectivity index (χ3n) is 6.92. The van der Waals surface area contributed by atoms with Gasteiger partial charge in [0.25, 0.3) is 5.91 Å². The van der Waals surface area contributed by atoms with Crippen molar-refractivity contribution < 1.29 is 19.1 Å². The largest absolute Gasteiger partial charge is 0.496 e. The van der Waals surface area contributed by atoms with Crippen LogP contribution in [0.5, 0.6) is 11.5 Å². The van der Waals surface area contributed by atoms with Crippen LogP contribution in [-0.2, 0) is 11.3 Å². The molecule has 34 heavy (non-hydrogen) atoms. The Kier molecular flexibility index (Phi) is 8.00. The molecule has 0 radical (unpaired) electrons. The van der Waals surface area contributed by atoms with Crippen molar-refractivity contribution >= 4 is 11.8 Å². The van der Waals surface area contributed by atoms with E-state index >= 15 is 0 Å². The SMILES string of the molecule is COc1cccc(OC)c1C(=O)N1CCN(C(C(=O)NCc2ccccn2)C2CCCC2)CC1. The zero-order valence-corrected chi connectivity index (χ0v) is 20.0. The third-order valence-corrected chi connectivity index (χ3v) is 6.92. The van der Waals surface area contributed by atoms with Gasteiger partial charge >= 0.3 is 0 Å². The van der Waals surface area contributed by atoms with Crippen molar-refractivity contribution in [1.29, 1.82) is 0 Å². The maximum atomic E-state index is 13.3. The number of carbonyl (C=O) groups is 2. The maximum absolute atomic E-state index is 13.3. The van der Waals surface area contributed by atoms with E-state index in [0.29, 0.717) is 55.7 Å². The van der Waals surface area contributed by atoms with Gasteiger partial charge in [-0.2, -0.15) is 0 Å². The maximum Gasteiger partial charge on any atom is 0.261 e. The van der Waals surface area contributed by atoms with Crippen LogP contribution in [0.15, 0.2) is 42.6 Å². The van der Waals surface area contributed by atoms with Crippen LogP contribution < -0.4 is 14.8 Å². The summed E-state index contributed by atoms with van der Waals surface area (Å²) < 4.78 is 10.9. The number of nitrogens with zero attached hydrogens (tertiary/aromatic N) is 3. The molecule has 8 heteroatoms. The summed E-state index contributed by atoms with van der Waals surface area (Å²) in [5, 5.41) is 3.11. The molecule has 182 valence electrons. The van der Waals surface area contributed by atoms with Crippen LogP contribution in [0.3, 0.4) is 0 Å². The Bertz CT molecular complexity index is 948. The molecule has 2 heterocycles. The Balaban J connectivity index is 1.43. The molecule has 1 aliphatic carbocycles. The lowest BCUT2D eigenvalue weighted by Crippen LogP contribution is -2.57. The van der Waals surface area contributed by atoms with Gasteiger partial charge in [0.05, 0.1) is 32.5 Å². The number of hydrogen-bond acceptors (Lipinski definition) is 6. The van der Waals surface area contributed by atoms with Gasteiger partial charge in [-0.05, 0) is 43.0 Å². The van der Waals surface area contributed by atoms with Gasteiger partial charge in [-0.25, -0.2) is 0 Å². The van der Waals surface area contributed by atoms with Crippen LogP contribution in [0.2, 0.25) is 0 Å². The van der Waals surface area contributed by atoms with E-state index in [1.165, 1.54) is 12.8 Å². The van der Waals surface area contributed by atoms with Crippen molar-refractivity contribution in [3.8, 4) is 11.5 Å². The lowest BCUT2D eigenvalue weighted by molar-refractivity contribution is -0.129. The van der Waals surface area contributed by atoms with Crippen LogP contribution >= 0.6 is 0 Å². The van der Waals surface area contributed by atoms with Crippen molar-refractivity contribution in [2.24, 2.45) is 5.92 Å². The topological polar surface area (TPSA) is 84.0 Å². The highest BCUT2D eigenvalue weighted by Gasteiger charge is 2.37. The molecule has 1 atom stereocenters. The van der Waals surface area contributed by atoms with Gasteiger partial charge in [-0.3, -0.25) is 19.5 Å². The molecule has 1 saturated carbocycles. The second kappa shape index (κ2) is 11.3. The number of benzene rings is 1. The van der Waals surface area contributed by atoms with Crippen molar-refractivity contribution in [1.82, 2.24) is 20.1 Å². The number of methoxy groups -OCH3 is 2. The summed E-state index contributed by atoms with van der Waals surface area (Å²) in [4.78, 5) is 35.1. The lowest BCUT2D eigenvalue weighted by Gasteiger charge is -2.41. The van der Waals surface area contributed by atoms with E-state index in [1.54, 1.807) is 32.5 Å². The first-order valence-corrected chi connectivity index (χ1v) is 12.0. The third kappa shape index (κ3) is 5.33. The van der Waals surface area contributed by atoms with Gasteiger partial charge in [0, 0.05) is 32.4 Å². The molecule has 1 N–H and O–H groups in total. The Labute approximate surface area is 201 Å². The fourth-order valence-electron chi connectivity index (χ4n) is 5.16. The van der Waals surface area contributed by atoms with Gasteiger partial charge in [0.2, 0.25) is 5.91 Å². The normalized spacial score (nSPS) is 17.9. The molecule has 8 nitrogen and oxygen atoms in total. The molecule has 2 amide bonds. The Morgan fingerprint density at radius 1 is 1.00 bits per heavy atom. The second-order valence-electron chi connectivity index (χ2n) is 8.89. The fourth-order valence-corrected chi connectivity index (χ4v) is 5.16. The predicted molar refractivity (Wildman–Crippen MR) is 129 cm³/mol. The summed E-state index contributed by atoms with van der Waals surface area (Å²) >= 11 is 0. The highest BCUT2D eigenvalue weighted by molar-refractivity contribution is 5.99. The number of piperazine rings is 1. The minimum absolute atomic E-state index is 0.0590. The lowest BCUT2D eigenvalue weighted by atomic mass is 9.95. The molecule has 0 spiro atoms. The quantitative estimate of drug-likeness (QED) is 0.644. The molecule has 2 aromatic rings. The zero-order chi connectivity index (χ0) is 23.9. The highest BCUT2D eigenvalue weighted by atomic mass is 16.5. The van der Waals surface area contributed by atoms with Crippen molar-refractivity contribution in [2.45, 2.75) is 38.3 Å². The molecule has 0 bridgehead atoms. The Morgan fingerprint density at radius 3 is 2.26 bits per heavy atom. The molecule has 1 unspecified atom stereocenters. The summed E-state index contributed by atoms with van der Waals surface area (Å²) in [6.07, 6.45) is 6.21. The van der Waals surface area contributed by atoms with Gasteiger partial charge in [-0.1, -0.05) is 25.0 Å². The number of carbonyl (C=O) groups excluding carboxylic acids is 2. The zero-order valence-electron chi connectivity index (χ0n) is 20.0. The molecule has 2 fully saturated rings. The molecule has 1 aromatic heterocycles. The van der Waals surface area contributed by atoms with Gasteiger partial charge in [0.1, 0.15) is 17.1 Å². The number of rotatable bonds is 8. The number of ether oxygens (including phenoxy) is 2. The van der Waals surface area contributed by atoms with Gasteiger partial charge in [-0.15, -0.1) is 0 Å². The molecule has 2 aliphatic rings. The molecule has 4 rings (SSSR count). The van der Waals surface area contributed by atoms with E-state index < -0.39 is 0 Å². The summed E-state index contributed by atoms with van der Waals surface area (Å²) in [6, 6.07) is 10.9. The fraction of sp³-hybridized carbons (Fsp3) is 0.500. The van der Waals surface area contributed by atoms with Crippen LogP contribution in [-0.4, -0.2) is 73.0 Å². The average Bonchev–Trinajstić information content (AvgIpc) is 3.42. The number of nitrogens with one attached hydrogen (secondary N) is 1. The predicted octanol–water partition coefficient (Wildman–Crippen LogP) is 2.73. The average molecular weight is 467 g/mol. The van der Waals surface area contributed by atoms with Crippen LogP contribution in [0.25, 0.3) is 0 Å². The van der Waals surface area contributed by atoms with Crippen molar-refractivity contribution in [2.75, 3.05) is 40.4 Å². The Hall–Kier alpha value is -3.13. The molecular weight excluding hydrogens is 432 g/mol. The summed E-state index contributed by atoms with van der Waals surface area (Å²) in [7, 11) is 3.11. The van der Waals surface area contributed by atoms with E-state index in [9.17, 15) is 9.59 Å². The first-order valence-electron chi connectivity index (χ1n) is 12.0. The first-order chi connectivity index (χ1) is 16.6. The summed E-state index contributed by atoms with van der Waals surface area (Å²) in [5.74, 6) is 1.31. The molecule has 1 saturated heterocycles. The van der Waals surface area contributed by atoms with Gasteiger partial charge in [0.15, 0.2) is 0 Å². The standard InChI is InChI=1S/C26H34N4O4/c1-33-21-11-7-12-22(34-2)23(21)26(32)30-16-14-29(15-17-30)24(19-8-3-4-9-19)25(31)28-18-20-10-5-6-13-27-20/h5-7,10-13,19,24H,3-4,8-9,14-18H2,1-2H3,(H,28,31). The number of aromatic nitrogens is 1. The van der Waals surface area contributed by atoms with Crippen LogP contribution in [0.1, 0.15) is 41.7 Å². The monoisotopic (exact) mass is 466 g/mol. The number of amides is 2. The first kappa shape index (κ1) is 24.0. The minimum atomic E-state index is -0.177. The van der Waals surface area contributed by atoms with E-state index in [4.69, 9.17) is 9.47 Å². The summed E-state index contributed by atoms with van der Waals surface area (Å²) in [5.41, 5.74) is 1.29. The number of pyridine rings is 1. The smallest absolute Gasteiger partial charge is 0.261 e. The number of hydrogen-bond donors (Lipinski definition) is 1. The van der Waals surface area contributed by atoms with E-state index in [1.807, 2.05) is 29.2 Å².